The molecule has 2 heteroatoms. The standard InChI is InChI=1S/C12H25NS/c1-2-13-10-6-7-11-14-12-8-4-3-5-9-12/h12-13H,2-11H2,1H3. The topological polar surface area (TPSA) is 12.0 Å². The molecule has 0 bridgehead atoms. The highest BCUT2D eigenvalue weighted by molar-refractivity contribution is 7.99. The van der Waals surface area contributed by atoms with E-state index >= 15 is 0 Å². The zero-order valence-electron chi connectivity index (χ0n) is 9.56. The van der Waals surface area contributed by atoms with Gasteiger partial charge in [-0.15, -0.1) is 0 Å². The fourth-order valence-electron chi connectivity index (χ4n) is 2.01. The van der Waals surface area contributed by atoms with Crippen molar-refractivity contribution in [2.75, 3.05) is 18.8 Å². The Morgan fingerprint density at radius 1 is 1.14 bits per heavy atom. The molecule has 0 aliphatic heterocycles. The van der Waals surface area contributed by atoms with Crippen molar-refractivity contribution in [2.45, 2.75) is 57.1 Å². The number of hydrogen-bond acceptors (Lipinski definition) is 2. The van der Waals surface area contributed by atoms with Crippen LogP contribution in [0.15, 0.2) is 0 Å². The van der Waals surface area contributed by atoms with Crippen LogP contribution in [0.3, 0.4) is 0 Å². The van der Waals surface area contributed by atoms with Gasteiger partial charge < -0.3 is 5.32 Å². The second kappa shape index (κ2) is 8.60. The first-order chi connectivity index (χ1) is 6.93. The third-order valence-electron chi connectivity index (χ3n) is 2.90. The van der Waals surface area contributed by atoms with E-state index in [1.165, 1.54) is 57.2 Å². The van der Waals surface area contributed by atoms with E-state index in [1.807, 2.05) is 0 Å². The van der Waals surface area contributed by atoms with E-state index in [0.717, 1.165) is 11.8 Å². The third kappa shape index (κ3) is 5.92. The quantitative estimate of drug-likeness (QED) is 0.653. The minimum Gasteiger partial charge on any atom is -0.317 e. The van der Waals surface area contributed by atoms with Gasteiger partial charge in [0.2, 0.25) is 0 Å². The Morgan fingerprint density at radius 3 is 2.64 bits per heavy atom. The predicted octanol–water partition coefficient (Wildman–Crippen LogP) is 3.44. The molecule has 1 aliphatic carbocycles. The molecule has 0 aromatic carbocycles. The van der Waals surface area contributed by atoms with E-state index in [-0.39, 0.29) is 0 Å². The Balaban J connectivity index is 1.82. The van der Waals surface area contributed by atoms with Crippen LogP contribution in [0.5, 0.6) is 0 Å². The van der Waals surface area contributed by atoms with E-state index in [0.29, 0.717) is 0 Å². The SMILES string of the molecule is CCNCCCCSC1CCCCC1. The van der Waals surface area contributed by atoms with Gasteiger partial charge in [-0.05, 0) is 44.5 Å². The fourth-order valence-corrected chi connectivity index (χ4v) is 3.38. The van der Waals surface area contributed by atoms with Crippen molar-refractivity contribution >= 4 is 11.8 Å². The van der Waals surface area contributed by atoms with Gasteiger partial charge in [-0.1, -0.05) is 26.2 Å². The van der Waals surface area contributed by atoms with E-state index in [2.05, 4.69) is 24.0 Å². The van der Waals surface area contributed by atoms with Gasteiger partial charge in [-0.25, -0.2) is 0 Å². The van der Waals surface area contributed by atoms with Crippen LogP contribution in [-0.4, -0.2) is 24.1 Å². The first kappa shape index (κ1) is 12.4. The first-order valence-corrected chi connectivity index (χ1v) is 7.30. The van der Waals surface area contributed by atoms with Gasteiger partial charge in [-0.3, -0.25) is 0 Å². The minimum absolute atomic E-state index is 1.00. The lowest BCUT2D eigenvalue weighted by molar-refractivity contribution is 0.515. The highest BCUT2D eigenvalue weighted by atomic mass is 32.2. The van der Waals surface area contributed by atoms with Crippen LogP contribution in [-0.2, 0) is 0 Å². The zero-order chi connectivity index (χ0) is 10.1. The molecule has 1 rings (SSSR count). The molecule has 1 fully saturated rings. The Labute approximate surface area is 93.4 Å². The summed E-state index contributed by atoms with van der Waals surface area (Å²) in [5, 5.41) is 4.38. The fraction of sp³-hybridized carbons (Fsp3) is 1.00. The van der Waals surface area contributed by atoms with Gasteiger partial charge in [0.25, 0.3) is 0 Å². The Morgan fingerprint density at radius 2 is 1.93 bits per heavy atom. The van der Waals surface area contributed by atoms with Crippen molar-refractivity contribution in [3.05, 3.63) is 0 Å². The van der Waals surface area contributed by atoms with E-state index in [9.17, 15) is 0 Å². The van der Waals surface area contributed by atoms with E-state index < -0.39 is 0 Å². The molecule has 14 heavy (non-hydrogen) atoms. The van der Waals surface area contributed by atoms with Gasteiger partial charge >= 0.3 is 0 Å². The summed E-state index contributed by atoms with van der Waals surface area (Å²) >= 11 is 2.23. The molecule has 0 aromatic rings. The number of thioether (sulfide) groups is 1. The summed E-state index contributed by atoms with van der Waals surface area (Å²) in [5.41, 5.74) is 0. The van der Waals surface area contributed by atoms with E-state index in [1.54, 1.807) is 0 Å². The second-order valence-electron chi connectivity index (χ2n) is 4.19. The predicted molar refractivity (Wildman–Crippen MR) is 67.1 cm³/mol. The lowest BCUT2D eigenvalue weighted by Crippen LogP contribution is -2.14. The van der Waals surface area contributed by atoms with Gasteiger partial charge in [0.1, 0.15) is 0 Å². The van der Waals surface area contributed by atoms with Crippen molar-refractivity contribution < 1.29 is 0 Å². The molecule has 0 heterocycles. The number of rotatable bonds is 7. The molecular formula is C12H25NS. The van der Waals surface area contributed by atoms with Gasteiger partial charge in [0, 0.05) is 5.25 Å². The maximum atomic E-state index is 3.38. The Hall–Kier alpha value is 0.310. The van der Waals surface area contributed by atoms with Crippen LogP contribution >= 0.6 is 11.8 Å². The molecular weight excluding hydrogens is 190 g/mol. The van der Waals surface area contributed by atoms with E-state index in [4.69, 9.17) is 0 Å². The molecule has 0 unspecified atom stereocenters. The first-order valence-electron chi connectivity index (χ1n) is 6.26. The number of unbranched alkanes of at least 4 members (excludes halogenated alkanes) is 1. The summed E-state index contributed by atoms with van der Waals surface area (Å²) in [4.78, 5) is 0. The van der Waals surface area contributed by atoms with Crippen LogP contribution in [0.1, 0.15) is 51.9 Å². The van der Waals surface area contributed by atoms with Crippen molar-refractivity contribution in [2.24, 2.45) is 0 Å². The highest BCUT2D eigenvalue weighted by Gasteiger charge is 2.12. The molecule has 1 N–H and O–H groups in total. The number of hydrogen-bond donors (Lipinski definition) is 1. The van der Waals surface area contributed by atoms with Crippen LogP contribution < -0.4 is 5.32 Å². The lowest BCUT2D eigenvalue weighted by Gasteiger charge is -2.20. The van der Waals surface area contributed by atoms with Gasteiger partial charge in [0.05, 0.1) is 0 Å². The molecule has 0 amide bonds. The highest BCUT2D eigenvalue weighted by Crippen LogP contribution is 2.28. The molecule has 0 saturated heterocycles. The van der Waals surface area contributed by atoms with Crippen molar-refractivity contribution in [3.8, 4) is 0 Å². The molecule has 1 aliphatic rings. The maximum absolute atomic E-state index is 3.38. The second-order valence-corrected chi connectivity index (χ2v) is 5.60. The maximum Gasteiger partial charge on any atom is 0.00470 e. The molecule has 0 atom stereocenters. The Kier molecular flexibility index (Phi) is 7.61. The van der Waals surface area contributed by atoms with Crippen LogP contribution in [0.25, 0.3) is 0 Å². The molecule has 84 valence electrons. The largest absolute Gasteiger partial charge is 0.317 e. The van der Waals surface area contributed by atoms with Crippen LogP contribution in [0.4, 0.5) is 0 Å². The summed E-state index contributed by atoms with van der Waals surface area (Å²) < 4.78 is 0. The molecule has 0 spiro atoms. The summed E-state index contributed by atoms with van der Waals surface area (Å²) in [6.45, 7) is 4.51. The normalized spacial score (nSPS) is 18.6. The van der Waals surface area contributed by atoms with Crippen molar-refractivity contribution in [1.29, 1.82) is 0 Å². The lowest BCUT2D eigenvalue weighted by atomic mass is 10.0. The minimum atomic E-state index is 1.00. The van der Waals surface area contributed by atoms with Crippen molar-refractivity contribution in [1.82, 2.24) is 5.32 Å². The molecule has 1 nitrogen and oxygen atoms in total. The number of nitrogens with one attached hydrogen (secondary N) is 1. The Bertz CT molecular complexity index is 121. The summed E-state index contributed by atoms with van der Waals surface area (Å²) in [7, 11) is 0. The summed E-state index contributed by atoms with van der Waals surface area (Å²) in [6, 6.07) is 0. The van der Waals surface area contributed by atoms with Gasteiger partial charge in [0.15, 0.2) is 0 Å². The smallest absolute Gasteiger partial charge is 0.00470 e. The average Bonchev–Trinajstić information content (AvgIpc) is 2.25. The molecule has 1 saturated carbocycles. The monoisotopic (exact) mass is 215 g/mol. The van der Waals surface area contributed by atoms with Gasteiger partial charge in [-0.2, -0.15) is 11.8 Å². The zero-order valence-corrected chi connectivity index (χ0v) is 10.4. The third-order valence-corrected chi connectivity index (χ3v) is 4.37. The summed E-state index contributed by atoms with van der Waals surface area (Å²) in [5.74, 6) is 1.38. The van der Waals surface area contributed by atoms with Crippen molar-refractivity contribution in [3.63, 3.8) is 0 Å². The molecule has 0 aromatic heterocycles. The van der Waals surface area contributed by atoms with Crippen LogP contribution in [0, 0.1) is 0 Å². The average molecular weight is 215 g/mol. The van der Waals surface area contributed by atoms with Crippen LogP contribution in [0.2, 0.25) is 0 Å². The molecule has 0 radical (unpaired) electrons. The summed E-state index contributed by atoms with van der Waals surface area (Å²) in [6.07, 6.45) is 10.2.